The van der Waals surface area contributed by atoms with Gasteiger partial charge in [0.1, 0.15) is 0 Å². The third-order valence-electron chi connectivity index (χ3n) is 2.63. The molecule has 0 aromatic carbocycles. The summed E-state index contributed by atoms with van der Waals surface area (Å²) in [6.07, 6.45) is 1.15. The third-order valence-corrected chi connectivity index (χ3v) is 3.24. The second kappa shape index (κ2) is 4.87. The highest BCUT2D eigenvalue weighted by molar-refractivity contribution is 7.07. The maximum atomic E-state index is 5.42. The van der Waals surface area contributed by atoms with Crippen molar-refractivity contribution in [3.05, 3.63) is 16.6 Å². The maximum Gasteiger partial charge on any atom is 0.0795 e. The lowest BCUT2D eigenvalue weighted by Crippen LogP contribution is -2.28. The number of ether oxygens (including phenoxy) is 1. The van der Waals surface area contributed by atoms with Crippen molar-refractivity contribution in [2.24, 2.45) is 5.92 Å². The first-order valence-electron chi connectivity index (χ1n) is 5.11. The van der Waals surface area contributed by atoms with Crippen LogP contribution in [0.4, 0.5) is 0 Å². The maximum absolute atomic E-state index is 5.42. The van der Waals surface area contributed by atoms with Gasteiger partial charge in [0.25, 0.3) is 0 Å². The molecule has 78 valence electrons. The zero-order valence-electron chi connectivity index (χ0n) is 8.40. The van der Waals surface area contributed by atoms with Crippen molar-refractivity contribution in [2.45, 2.75) is 19.4 Å². The van der Waals surface area contributed by atoms with E-state index in [-0.39, 0.29) is 0 Å². The van der Waals surface area contributed by atoms with Gasteiger partial charge in [-0.3, -0.25) is 0 Å². The molecule has 1 aliphatic rings. The lowest BCUT2D eigenvalue weighted by molar-refractivity contribution is 0.176. The zero-order chi connectivity index (χ0) is 9.80. The molecule has 2 heterocycles. The predicted octanol–water partition coefficient (Wildman–Crippen LogP) is 1.83. The molecule has 0 bridgehead atoms. The Bertz CT molecular complexity index is 257. The van der Waals surface area contributed by atoms with Crippen LogP contribution in [0.5, 0.6) is 0 Å². The Hall–Kier alpha value is -0.450. The first-order chi connectivity index (χ1) is 6.92. The molecule has 1 saturated heterocycles. The van der Waals surface area contributed by atoms with Gasteiger partial charge in [-0.1, -0.05) is 6.92 Å². The van der Waals surface area contributed by atoms with E-state index >= 15 is 0 Å². The highest BCUT2D eigenvalue weighted by atomic mass is 32.1. The normalized spacial score (nSPS) is 23.9. The van der Waals surface area contributed by atoms with E-state index in [0.717, 1.165) is 26.2 Å². The lowest BCUT2D eigenvalue weighted by Gasteiger charge is -2.21. The SMILES string of the molecule is CCNC(c1cscn1)C1CCOC1. The number of hydrogen-bond donors (Lipinski definition) is 1. The molecule has 2 rings (SSSR count). The van der Waals surface area contributed by atoms with Crippen LogP contribution in [-0.4, -0.2) is 24.7 Å². The van der Waals surface area contributed by atoms with Gasteiger partial charge in [-0.2, -0.15) is 0 Å². The largest absolute Gasteiger partial charge is 0.381 e. The van der Waals surface area contributed by atoms with Gasteiger partial charge < -0.3 is 10.1 Å². The quantitative estimate of drug-likeness (QED) is 0.827. The zero-order valence-corrected chi connectivity index (χ0v) is 9.22. The van der Waals surface area contributed by atoms with E-state index in [4.69, 9.17) is 4.74 Å². The van der Waals surface area contributed by atoms with Gasteiger partial charge in [0.15, 0.2) is 0 Å². The molecule has 0 amide bonds. The van der Waals surface area contributed by atoms with E-state index < -0.39 is 0 Å². The standard InChI is InChI=1S/C10H16N2OS/c1-2-11-10(8-3-4-13-5-8)9-6-14-7-12-9/h6-8,10-11H,2-5H2,1H3. The molecule has 2 atom stereocenters. The van der Waals surface area contributed by atoms with Gasteiger partial charge >= 0.3 is 0 Å². The summed E-state index contributed by atoms with van der Waals surface area (Å²) < 4.78 is 5.42. The van der Waals surface area contributed by atoms with Crippen LogP contribution in [0.15, 0.2) is 10.9 Å². The van der Waals surface area contributed by atoms with E-state index in [1.807, 2.05) is 5.51 Å². The Kier molecular flexibility index (Phi) is 3.50. The van der Waals surface area contributed by atoms with Crippen LogP contribution in [-0.2, 0) is 4.74 Å². The fourth-order valence-electron chi connectivity index (χ4n) is 1.92. The van der Waals surface area contributed by atoms with Gasteiger partial charge in [0.2, 0.25) is 0 Å². The van der Waals surface area contributed by atoms with Crippen molar-refractivity contribution in [3.63, 3.8) is 0 Å². The first kappa shape index (κ1) is 10.1. The van der Waals surface area contributed by atoms with Crippen molar-refractivity contribution in [1.29, 1.82) is 0 Å². The summed E-state index contributed by atoms with van der Waals surface area (Å²) in [5.41, 5.74) is 3.07. The van der Waals surface area contributed by atoms with Gasteiger partial charge in [-0.15, -0.1) is 11.3 Å². The fraction of sp³-hybridized carbons (Fsp3) is 0.700. The van der Waals surface area contributed by atoms with Gasteiger partial charge in [-0.05, 0) is 13.0 Å². The van der Waals surface area contributed by atoms with Crippen LogP contribution in [0.1, 0.15) is 25.1 Å². The number of thiazole rings is 1. The Morgan fingerprint density at radius 3 is 3.29 bits per heavy atom. The highest BCUT2D eigenvalue weighted by Gasteiger charge is 2.27. The number of nitrogens with one attached hydrogen (secondary N) is 1. The summed E-state index contributed by atoms with van der Waals surface area (Å²) in [7, 11) is 0. The van der Waals surface area contributed by atoms with Crippen molar-refractivity contribution >= 4 is 11.3 Å². The first-order valence-corrected chi connectivity index (χ1v) is 6.05. The molecule has 0 radical (unpaired) electrons. The van der Waals surface area contributed by atoms with Gasteiger partial charge in [0, 0.05) is 17.9 Å². The predicted molar refractivity (Wildman–Crippen MR) is 57.5 cm³/mol. The molecule has 2 unspecified atom stereocenters. The Labute approximate surface area is 88.5 Å². The van der Waals surface area contributed by atoms with E-state index in [9.17, 15) is 0 Å². The monoisotopic (exact) mass is 212 g/mol. The molecule has 0 aliphatic carbocycles. The number of rotatable bonds is 4. The second-order valence-corrected chi connectivity index (χ2v) is 4.29. The van der Waals surface area contributed by atoms with Crippen LogP contribution >= 0.6 is 11.3 Å². The van der Waals surface area contributed by atoms with Crippen molar-refractivity contribution < 1.29 is 4.74 Å². The lowest BCUT2D eigenvalue weighted by atomic mass is 9.97. The molecular formula is C10H16N2OS. The van der Waals surface area contributed by atoms with E-state index in [0.29, 0.717) is 12.0 Å². The summed E-state index contributed by atoms with van der Waals surface area (Å²) in [5.74, 6) is 0.594. The van der Waals surface area contributed by atoms with Crippen molar-refractivity contribution in [2.75, 3.05) is 19.8 Å². The van der Waals surface area contributed by atoms with Crippen LogP contribution < -0.4 is 5.32 Å². The molecule has 1 aromatic heterocycles. The van der Waals surface area contributed by atoms with E-state index in [2.05, 4.69) is 22.6 Å². The minimum atomic E-state index is 0.383. The average molecular weight is 212 g/mol. The van der Waals surface area contributed by atoms with Crippen LogP contribution in [0.25, 0.3) is 0 Å². The Balaban J connectivity index is 2.06. The Morgan fingerprint density at radius 1 is 1.79 bits per heavy atom. The molecular weight excluding hydrogens is 196 g/mol. The van der Waals surface area contributed by atoms with E-state index in [1.165, 1.54) is 5.69 Å². The number of nitrogens with zero attached hydrogens (tertiary/aromatic N) is 1. The van der Waals surface area contributed by atoms with E-state index in [1.54, 1.807) is 11.3 Å². The van der Waals surface area contributed by atoms with Crippen molar-refractivity contribution in [1.82, 2.24) is 10.3 Å². The molecule has 1 fully saturated rings. The smallest absolute Gasteiger partial charge is 0.0795 e. The van der Waals surface area contributed by atoms with Crippen LogP contribution in [0, 0.1) is 5.92 Å². The molecule has 1 N–H and O–H groups in total. The minimum absolute atomic E-state index is 0.383. The molecule has 0 spiro atoms. The van der Waals surface area contributed by atoms with Crippen molar-refractivity contribution in [3.8, 4) is 0 Å². The highest BCUT2D eigenvalue weighted by Crippen LogP contribution is 2.28. The molecule has 0 saturated carbocycles. The molecule has 1 aromatic rings. The summed E-state index contributed by atoms with van der Waals surface area (Å²) in [5, 5.41) is 5.62. The molecule has 4 heteroatoms. The van der Waals surface area contributed by atoms with Crippen LogP contribution in [0.3, 0.4) is 0 Å². The summed E-state index contributed by atoms with van der Waals surface area (Å²) in [4.78, 5) is 4.38. The van der Waals surface area contributed by atoms with Gasteiger partial charge in [0.05, 0.1) is 23.9 Å². The molecule has 3 nitrogen and oxygen atoms in total. The summed E-state index contributed by atoms with van der Waals surface area (Å²) in [6.45, 7) is 4.89. The summed E-state index contributed by atoms with van der Waals surface area (Å²) >= 11 is 1.66. The topological polar surface area (TPSA) is 34.2 Å². The summed E-state index contributed by atoms with van der Waals surface area (Å²) in [6, 6.07) is 0.383. The second-order valence-electron chi connectivity index (χ2n) is 3.57. The third kappa shape index (κ3) is 2.13. The molecule has 14 heavy (non-hydrogen) atoms. The number of aromatic nitrogens is 1. The number of hydrogen-bond acceptors (Lipinski definition) is 4. The minimum Gasteiger partial charge on any atom is -0.381 e. The Morgan fingerprint density at radius 2 is 2.71 bits per heavy atom. The van der Waals surface area contributed by atoms with Gasteiger partial charge in [-0.25, -0.2) is 4.98 Å². The average Bonchev–Trinajstić information content (AvgIpc) is 2.87. The molecule has 1 aliphatic heterocycles. The van der Waals surface area contributed by atoms with Crippen LogP contribution in [0.2, 0.25) is 0 Å². The fourth-order valence-corrected chi connectivity index (χ4v) is 2.51.